The second kappa shape index (κ2) is 5.25. The lowest BCUT2D eigenvalue weighted by molar-refractivity contribution is 0.555. The van der Waals surface area contributed by atoms with Gasteiger partial charge in [-0.15, -0.1) is 11.6 Å². The van der Waals surface area contributed by atoms with Gasteiger partial charge in [0.05, 0.1) is 0 Å². The van der Waals surface area contributed by atoms with Crippen LogP contribution in [-0.2, 0) is 5.88 Å². The number of hydrogen-bond donors (Lipinski definition) is 0. The Balaban J connectivity index is 2.33. The van der Waals surface area contributed by atoms with Gasteiger partial charge in [-0.05, 0) is 31.5 Å². The van der Waals surface area contributed by atoms with Gasteiger partial charge in [0.2, 0.25) is 0 Å². The highest BCUT2D eigenvalue weighted by Crippen LogP contribution is 2.34. The van der Waals surface area contributed by atoms with Gasteiger partial charge in [0.25, 0.3) is 0 Å². The third-order valence-electron chi connectivity index (χ3n) is 2.97. The normalized spacial score (nSPS) is 19.1. The maximum absolute atomic E-state index is 14.0. The van der Waals surface area contributed by atoms with E-state index in [1.165, 1.54) is 12.1 Å². The van der Waals surface area contributed by atoms with Crippen molar-refractivity contribution in [1.82, 2.24) is 0 Å². The summed E-state index contributed by atoms with van der Waals surface area (Å²) in [5.74, 6) is -0.0415. The molecule has 0 aliphatic carbocycles. The van der Waals surface area contributed by atoms with Crippen molar-refractivity contribution < 1.29 is 8.78 Å². The minimum Gasteiger partial charge on any atom is -0.365 e. The predicted octanol–water partition coefficient (Wildman–Crippen LogP) is 4.04. The molecule has 100 valence electrons. The summed E-state index contributed by atoms with van der Waals surface area (Å²) in [5, 5.41) is 0. The fourth-order valence-electron chi connectivity index (χ4n) is 2.20. The zero-order chi connectivity index (χ0) is 13.3. The summed E-state index contributed by atoms with van der Waals surface area (Å²) in [6, 6.07) is 2.64. The molecule has 5 heteroatoms. The molecule has 1 nitrogen and oxygen atoms in total. The molecule has 1 fully saturated rings. The molecule has 0 spiro atoms. The molecule has 1 saturated heterocycles. The number of thioether (sulfide) groups is 1. The van der Waals surface area contributed by atoms with E-state index in [4.69, 9.17) is 11.6 Å². The maximum atomic E-state index is 14.0. The standard InChI is InChI=1S/C13H16ClF2NS/c1-13(2)8-17(3-4-18-13)12-10(15)5-9(7-14)6-11(12)16/h5-6H,3-4,7-8H2,1-2H3. The molecule has 0 saturated carbocycles. The average Bonchev–Trinajstić information content (AvgIpc) is 2.26. The Kier molecular flexibility index (Phi) is 4.07. The third-order valence-corrected chi connectivity index (χ3v) is 4.58. The number of rotatable bonds is 2. The van der Waals surface area contributed by atoms with Crippen molar-refractivity contribution >= 4 is 29.1 Å². The topological polar surface area (TPSA) is 3.24 Å². The molecule has 0 bridgehead atoms. The zero-order valence-corrected chi connectivity index (χ0v) is 12.0. The van der Waals surface area contributed by atoms with E-state index < -0.39 is 11.6 Å². The third kappa shape index (κ3) is 2.91. The van der Waals surface area contributed by atoms with Gasteiger partial charge in [-0.1, -0.05) is 0 Å². The van der Waals surface area contributed by atoms with Crippen LogP contribution in [0.25, 0.3) is 0 Å². The number of nitrogens with zero attached hydrogens (tertiary/aromatic N) is 1. The van der Waals surface area contributed by atoms with Crippen molar-refractivity contribution in [2.24, 2.45) is 0 Å². The summed E-state index contributed by atoms with van der Waals surface area (Å²) in [5.41, 5.74) is 0.554. The van der Waals surface area contributed by atoms with Crippen LogP contribution in [0.1, 0.15) is 19.4 Å². The molecular formula is C13H16ClF2NS. The molecule has 18 heavy (non-hydrogen) atoms. The highest BCUT2D eigenvalue weighted by molar-refractivity contribution is 8.00. The van der Waals surface area contributed by atoms with Crippen LogP contribution >= 0.6 is 23.4 Å². The first-order chi connectivity index (χ1) is 8.43. The molecule has 0 radical (unpaired) electrons. The van der Waals surface area contributed by atoms with E-state index in [-0.39, 0.29) is 16.3 Å². The SMILES string of the molecule is CC1(C)CN(c2c(F)cc(CCl)cc2F)CCS1. The highest BCUT2D eigenvalue weighted by atomic mass is 35.5. The fourth-order valence-corrected chi connectivity index (χ4v) is 3.47. The van der Waals surface area contributed by atoms with Crippen molar-refractivity contribution in [2.75, 3.05) is 23.7 Å². The molecular weight excluding hydrogens is 276 g/mol. The molecule has 1 aromatic carbocycles. The molecule has 0 amide bonds. The molecule has 1 heterocycles. The van der Waals surface area contributed by atoms with Crippen molar-refractivity contribution in [1.29, 1.82) is 0 Å². The Labute approximate surface area is 115 Å². The van der Waals surface area contributed by atoms with E-state index in [0.29, 0.717) is 18.7 Å². The highest BCUT2D eigenvalue weighted by Gasteiger charge is 2.30. The molecule has 1 aliphatic heterocycles. The van der Waals surface area contributed by atoms with Crippen molar-refractivity contribution in [3.63, 3.8) is 0 Å². The number of alkyl halides is 1. The quantitative estimate of drug-likeness (QED) is 0.757. The summed E-state index contributed by atoms with van der Waals surface area (Å²) in [6.07, 6.45) is 0. The Hall–Kier alpha value is -0.480. The lowest BCUT2D eigenvalue weighted by Crippen LogP contribution is -2.44. The predicted molar refractivity (Wildman–Crippen MR) is 74.7 cm³/mol. The monoisotopic (exact) mass is 291 g/mol. The lowest BCUT2D eigenvalue weighted by atomic mass is 10.1. The van der Waals surface area contributed by atoms with E-state index in [1.807, 2.05) is 11.8 Å². The Morgan fingerprint density at radius 1 is 1.33 bits per heavy atom. The van der Waals surface area contributed by atoms with Crippen molar-refractivity contribution in [3.05, 3.63) is 29.3 Å². The van der Waals surface area contributed by atoms with Gasteiger partial charge in [-0.3, -0.25) is 0 Å². The Morgan fingerprint density at radius 2 is 1.94 bits per heavy atom. The van der Waals surface area contributed by atoms with Gasteiger partial charge in [0.15, 0.2) is 0 Å². The van der Waals surface area contributed by atoms with Crippen molar-refractivity contribution in [2.45, 2.75) is 24.5 Å². The van der Waals surface area contributed by atoms with Gasteiger partial charge >= 0.3 is 0 Å². The molecule has 1 aliphatic rings. The average molecular weight is 292 g/mol. The summed E-state index contributed by atoms with van der Waals surface area (Å²) in [7, 11) is 0. The van der Waals surface area contributed by atoms with Crippen LogP contribution in [-0.4, -0.2) is 23.6 Å². The summed E-state index contributed by atoms with van der Waals surface area (Å²) < 4.78 is 28.0. The second-order valence-corrected chi connectivity index (χ2v) is 7.14. The van der Waals surface area contributed by atoms with Crippen LogP contribution < -0.4 is 4.90 Å². The number of halogens is 3. The molecule has 0 aromatic heterocycles. The van der Waals surface area contributed by atoms with Crippen LogP contribution in [0.3, 0.4) is 0 Å². The molecule has 0 N–H and O–H groups in total. The molecule has 2 rings (SSSR count). The smallest absolute Gasteiger partial charge is 0.149 e. The van der Waals surface area contributed by atoms with Gasteiger partial charge in [0.1, 0.15) is 17.3 Å². The minimum atomic E-state index is -0.520. The van der Waals surface area contributed by atoms with Crippen LogP contribution in [0.5, 0.6) is 0 Å². The van der Waals surface area contributed by atoms with Gasteiger partial charge in [-0.2, -0.15) is 11.8 Å². The molecule has 1 aromatic rings. The maximum Gasteiger partial charge on any atom is 0.149 e. The molecule has 0 unspecified atom stereocenters. The number of hydrogen-bond acceptors (Lipinski definition) is 2. The van der Waals surface area contributed by atoms with E-state index in [0.717, 1.165) is 5.75 Å². The van der Waals surface area contributed by atoms with Gasteiger partial charge in [-0.25, -0.2) is 8.78 Å². The van der Waals surface area contributed by atoms with E-state index in [2.05, 4.69) is 13.8 Å². The van der Waals surface area contributed by atoms with Gasteiger partial charge in [0, 0.05) is 29.5 Å². The largest absolute Gasteiger partial charge is 0.365 e. The minimum absolute atomic E-state index is 0.0162. The Morgan fingerprint density at radius 3 is 2.44 bits per heavy atom. The first-order valence-corrected chi connectivity index (χ1v) is 7.38. The zero-order valence-electron chi connectivity index (χ0n) is 10.5. The first-order valence-electron chi connectivity index (χ1n) is 5.86. The van der Waals surface area contributed by atoms with E-state index in [1.54, 1.807) is 4.90 Å². The lowest BCUT2D eigenvalue weighted by Gasteiger charge is -2.39. The van der Waals surface area contributed by atoms with Crippen LogP contribution in [0.4, 0.5) is 14.5 Å². The molecule has 0 atom stereocenters. The summed E-state index contributed by atoms with van der Waals surface area (Å²) >= 11 is 7.43. The van der Waals surface area contributed by atoms with Crippen LogP contribution in [0.2, 0.25) is 0 Å². The van der Waals surface area contributed by atoms with E-state index >= 15 is 0 Å². The second-order valence-electron chi connectivity index (χ2n) is 5.07. The van der Waals surface area contributed by atoms with Crippen LogP contribution in [0.15, 0.2) is 12.1 Å². The summed E-state index contributed by atoms with van der Waals surface area (Å²) in [4.78, 5) is 1.79. The Bertz CT molecular complexity index is 428. The van der Waals surface area contributed by atoms with Crippen LogP contribution in [0, 0.1) is 11.6 Å². The fraction of sp³-hybridized carbons (Fsp3) is 0.538. The van der Waals surface area contributed by atoms with Gasteiger partial charge < -0.3 is 4.90 Å². The first kappa shape index (κ1) is 13.9. The van der Waals surface area contributed by atoms with Crippen molar-refractivity contribution in [3.8, 4) is 0 Å². The van der Waals surface area contributed by atoms with E-state index in [9.17, 15) is 8.78 Å². The number of anilines is 1. The number of benzene rings is 1. The summed E-state index contributed by atoms with van der Waals surface area (Å²) in [6.45, 7) is 5.49.